The fraction of sp³-hybridized carbons (Fsp3) is 0.273. The molecule has 0 N–H and O–H groups in total. The lowest BCUT2D eigenvalue weighted by Gasteiger charge is -2.29. The first-order valence-electron chi connectivity index (χ1n) is 13.6. The Kier molecular flexibility index (Phi) is 9.04. The second-order valence-corrected chi connectivity index (χ2v) is 11.2. The molecule has 2 heterocycles. The number of benzene rings is 3. The zero-order valence-corrected chi connectivity index (χ0v) is 23.4. The van der Waals surface area contributed by atoms with E-state index in [1.54, 1.807) is 33.3 Å². The topological polar surface area (TPSA) is 49.9 Å². The third-order valence-corrected chi connectivity index (χ3v) is 8.25. The summed E-state index contributed by atoms with van der Waals surface area (Å²) < 4.78 is 19.4. The minimum Gasteiger partial charge on any atom is -0.376 e. The number of amides is 2. The highest BCUT2D eigenvalue weighted by atomic mass is 32.1. The van der Waals surface area contributed by atoms with E-state index in [9.17, 15) is 14.0 Å². The molecule has 7 heteroatoms. The van der Waals surface area contributed by atoms with Crippen LogP contribution in [0.1, 0.15) is 39.2 Å². The third kappa shape index (κ3) is 7.03. The average Bonchev–Trinajstić information content (AvgIpc) is 3.65. The maximum atomic E-state index is 13.8. The van der Waals surface area contributed by atoms with E-state index in [4.69, 9.17) is 4.74 Å². The number of halogens is 1. The van der Waals surface area contributed by atoms with Crippen LogP contribution < -0.4 is 0 Å². The van der Waals surface area contributed by atoms with Gasteiger partial charge in [0.25, 0.3) is 5.91 Å². The lowest BCUT2D eigenvalue weighted by atomic mass is 10.0. The molecule has 2 amide bonds. The Hall–Kier alpha value is -3.81. The molecule has 0 aliphatic carbocycles. The van der Waals surface area contributed by atoms with E-state index < -0.39 is 0 Å². The van der Waals surface area contributed by atoms with Gasteiger partial charge >= 0.3 is 0 Å². The van der Waals surface area contributed by atoms with Gasteiger partial charge in [-0.3, -0.25) is 9.59 Å². The highest BCUT2D eigenvalue weighted by Gasteiger charge is 2.27. The second-order valence-electron chi connectivity index (χ2n) is 10.2. The summed E-state index contributed by atoms with van der Waals surface area (Å²) in [6.45, 7) is 3.73. The molecule has 0 spiro atoms. The normalized spacial score (nSPS) is 14.7. The molecule has 0 bridgehead atoms. The summed E-state index contributed by atoms with van der Waals surface area (Å²) in [6.07, 6.45) is 1.71. The number of ether oxygens (including phenoxy) is 1. The van der Waals surface area contributed by atoms with Crippen molar-refractivity contribution in [1.29, 1.82) is 0 Å². The molecule has 5 nitrogen and oxygen atoms in total. The quantitative estimate of drug-likeness (QED) is 0.218. The first-order chi connectivity index (χ1) is 19.5. The number of hydrogen-bond acceptors (Lipinski definition) is 4. The van der Waals surface area contributed by atoms with Crippen molar-refractivity contribution in [3.63, 3.8) is 0 Å². The Balaban J connectivity index is 1.37. The zero-order chi connectivity index (χ0) is 27.9. The highest BCUT2D eigenvalue weighted by molar-refractivity contribution is 7.10. The Bertz CT molecular complexity index is 1410. The molecule has 0 saturated carbocycles. The largest absolute Gasteiger partial charge is 0.376 e. The molecule has 40 heavy (non-hydrogen) atoms. The van der Waals surface area contributed by atoms with E-state index >= 15 is 0 Å². The fourth-order valence-electron chi connectivity index (χ4n) is 4.92. The number of carbonyl (C=O) groups is 2. The number of nitrogens with zero attached hydrogens (tertiary/aromatic N) is 2. The molecule has 206 valence electrons. The van der Waals surface area contributed by atoms with Crippen LogP contribution >= 0.6 is 11.3 Å². The van der Waals surface area contributed by atoms with Crippen molar-refractivity contribution in [2.24, 2.45) is 0 Å². The van der Waals surface area contributed by atoms with Crippen molar-refractivity contribution in [2.45, 2.75) is 39.0 Å². The molecule has 4 aromatic rings. The summed E-state index contributed by atoms with van der Waals surface area (Å²) in [4.78, 5) is 32.1. The zero-order valence-electron chi connectivity index (χ0n) is 22.6. The van der Waals surface area contributed by atoms with Gasteiger partial charge in [0, 0.05) is 30.1 Å². The first kappa shape index (κ1) is 27.7. The third-order valence-electron chi connectivity index (χ3n) is 7.24. The Morgan fingerprint density at radius 2 is 1.62 bits per heavy atom. The number of rotatable bonds is 10. The van der Waals surface area contributed by atoms with Crippen molar-refractivity contribution in [3.8, 4) is 11.1 Å². The van der Waals surface area contributed by atoms with Crippen molar-refractivity contribution in [1.82, 2.24) is 9.80 Å². The summed E-state index contributed by atoms with van der Waals surface area (Å²) in [5.74, 6) is -0.677. The van der Waals surface area contributed by atoms with E-state index in [-0.39, 0.29) is 30.3 Å². The lowest BCUT2D eigenvalue weighted by molar-refractivity contribution is -0.133. The second kappa shape index (κ2) is 13.0. The average molecular weight is 557 g/mol. The highest BCUT2D eigenvalue weighted by Crippen LogP contribution is 2.23. The molecule has 1 atom stereocenters. The van der Waals surface area contributed by atoms with Gasteiger partial charge < -0.3 is 14.5 Å². The maximum absolute atomic E-state index is 13.8. The number of carbonyl (C=O) groups excluding carboxylic acids is 2. The summed E-state index contributed by atoms with van der Waals surface area (Å²) in [5.41, 5.74) is 4.58. The summed E-state index contributed by atoms with van der Waals surface area (Å²) >= 11 is 1.60. The van der Waals surface area contributed by atoms with Gasteiger partial charge in [0.1, 0.15) is 12.4 Å². The van der Waals surface area contributed by atoms with Crippen LogP contribution in [0, 0.1) is 12.7 Å². The van der Waals surface area contributed by atoms with Gasteiger partial charge in [0.2, 0.25) is 5.91 Å². The van der Waals surface area contributed by atoms with E-state index in [1.165, 1.54) is 12.1 Å². The molecule has 0 radical (unpaired) electrons. The van der Waals surface area contributed by atoms with Crippen molar-refractivity contribution >= 4 is 23.2 Å². The predicted octanol–water partition coefficient (Wildman–Crippen LogP) is 6.71. The van der Waals surface area contributed by atoms with Gasteiger partial charge in [-0.1, -0.05) is 54.6 Å². The summed E-state index contributed by atoms with van der Waals surface area (Å²) in [6, 6.07) is 25.8. The fourth-order valence-corrected chi connectivity index (χ4v) is 5.84. The molecule has 1 fully saturated rings. The molecular formula is C33H33FN2O3S. The Morgan fingerprint density at radius 1 is 0.900 bits per heavy atom. The van der Waals surface area contributed by atoms with Crippen LogP contribution in [0.2, 0.25) is 0 Å². The molecule has 1 aromatic heterocycles. The van der Waals surface area contributed by atoms with Crippen LogP contribution in [0.3, 0.4) is 0 Å². The van der Waals surface area contributed by atoms with Crippen molar-refractivity contribution < 1.29 is 18.7 Å². The van der Waals surface area contributed by atoms with Crippen molar-refractivity contribution in [2.75, 3.05) is 19.7 Å². The lowest BCUT2D eigenvalue weighted by Crippen LogP contribution is -2.45. The molecular weight excluding hydrogens is 523 g/mol. The van der Waals surface area contributed by atoms with E-state index in [0.717, 1.165) is 40.0 Å². The minimum absolute atomic E-state index is 0.0647. The van der Waals surface area contributed by atoms with Crippen LogP contribution in [-0.4, -0.2) is 47.4 Å². The minimum atomic E-state index is -0.317. The molecule has 1 aliphatic heterocycles. The monoisotopic (exact) mass is 556 g/mol. The Morgan fingerprint density at radius 3 is 2.27 bits per heavy atom. The number of hydrogen-bond donors (Lipinski definition) is 0. The van der Waals surface area contributed by atoms with Crippen LogP contribution in [-0.2, 0) is 22.6 Å². The van der Waals surface area contributed by atoms with Gasteiger partial charge in [-0.05, 0) is 77.7 Å². The van der Waals surface area contributed by atoms with Crippen LogP contribution in [0.15, 0.2) is 90.3 Å². The van der Waals surface area contributed by atoms with E-state index in [0.29, 0.717) is 31.8 Å². The summed E-state index contributed by atoms with van der Waals surface area (Å²) in [5, 5.41) is 2.01. The molecule has 5 rings (SSSR count). The van der Waals surface area contributed by atoms with E-state index in [1.807, 2.05) is 73.0 Å². The van der Waals surface area contributed by atoms with Gasteiger partial charge in [-0.25, -0.2) is 4.39 Å². The Labute approximate surface area is 238 Å². The van der Waals surface area contributed by atoms with Gasteiger partial charge in [-0.2, -0.15) is 0 Å². The van der Waals surface area contributed by atoms with E-state index in [2.05, 4.69) is 0 Å². The van der Waals surface area contributed by atoms with Gasteiger partial charge in [0.05, 0.1) is 12.6 Å². The first-order valence-corrected chi connectivity index (χ1v) is 14.5. The number of aryl methyl sites for hydroxylation is 1. The standard InChI is InChI=1S/C33H33FN2O3S/c1-24-17-19-40-31(24)22-35(20-25-9-15-29(34)16-10-25)32(37)23-36(21-30-8-5-18-39-30)33(38)28-13-11-27(12-14-28)26-6-3-2-4-7-26/h2-4,6-7,9-17,19,30H,5,8,18,20-23H2,1H3. The molecule has 1 aliphatic rings. The predicted molar refractivity (Wildman–Crippen MR) is 156 cm³/mol. The summed E-state index contributed by atoms with van der Waals surface area (Å²) in [7, 11) is 0. The number of thiophene rings is 1. The van der Waals surface area contributed by atoms with Gasteiger partial charge in [0.15, 0.2) is 0 Å². The van der Waals surface area contributed by atoms with Crippen LogP contribution in [0.25, 0.3) is 11.1 Å². The SMILES string of the molecule is Cc1ccsc1CN(Cc1ccc(F)cc1)C(=O)CN(CC1CCCO1)C(=O)c1ccc(-c2ccccc2)cc1. The maximum Gasteiger partial charge on any atom is 0.254 e. The smallest absolute Gasteiger partial charge is 0.254 e. The molecule has 1 unspecified atom stereocenters. The van der Waals surface area contributed by atoms with Gasteiger partial charge in [-0.15, -0.1) is 11.3 Å². The molecule has 3 aromatic carbocycles. The molecule has 1 saturated heterocycles. The van der Waals surface area contributed by atoms with Crippen LogP contribution in [0.4, 0.5) is 4.39 Å². The van der Waals surface area contributed by atoms with Crippen LogP contribution in [0.5, 0.6) is 0 Å². The van der Waals surface area contributed by atoms with Crippen molar-refractivity contribution in [3.05, 3.63) is 118 Å².